The Balaban J connectivity index is 1.63. The highest BCUT2D eigenvalue weighted by Gasteiger charge is 2.46. The minimum absolute atomic E-state index is 0.120. The van der Waals surface area contributed by atoms with Crippen LogP contribution in [-0.2, 0) is 10.2 Å². The molecule has 0 heterocycles. The van der Waals surface area contributed by atoms with Crippen molar-refractivity contribution in [1.29, 1.82) is 0 Å². The number of carbonyl (C=O) groups is 1. The van der Waals surface area contributed by atoms with Gasteiger partial charge in [0.2, 0.25) is 5.91 Å². The SMILES string of the molecule is CC(NC(=O)C(C)(c1ccccc1)c1ccccc1)C12CCC(CC1)CC2. The van der Waals surface area contributed by atoms with Gasteiger partial charge in [-0.15, -0.1) is 0 Å². The van der Waals surface area contributed by atoms with Gasteiger partial charge in [-0.05, 0) is 74.8 Å². The van der Waals surface area contributed by atoms with E-state index in [-0.39, 0.29) is 11.9 Å². The molecule has 1 unspecified atom stereocenters. The van der Waals surface area contributed by atoms with Crippen LogP contribution in [0.4, 0.5) is 0 Å². The molecule has 1 N–H and O–H groups in total. The third kappa shape index (κ3) is 3.20. The summed E-state index contributed by atoms with van der Waals surface area (Å²) in [6.45, 7) is 4.30. The highest BCUT2D eigenvalue weighted by atomic mass is 16.2. The van der Waals surface area contributed by atoms with Crippen molar-refractivity contribution in [3.8, 4) is 0 Å². The minimum Gasteiger partial charge on any atom is -0.352 e. The Labute approximate surface area is 163 Å². The van der Waals surface area contributed by atoms with E-state index in [0.717, 1.165) is 17.0 Å². The van der Waals surface area contributed by atoms with E-state index < -0.39 is 5.41 Å². The number of hydrogen-bond donors (Lipinski definition) is 1. The summed E-state index contributed by atoms with van der Waals surface area (Å²) in [6, 6.07) is 20.6. The number of amides is 1. The summed E-state index contributed by atoms with van der Waals surface area (Å²) < 4.78 is 0. The van der Waals surface area contributed by atoms with Crippen molar-refractivity contribution in [3.63, 3.8) is 0 Å². The lowest BCUT2D eigenvalue weighted by molar-refractivity contribution is -0.127. The van der Waals surface area contributed by atoms with Gasteiger partial charge in [-0.2, -0.15) is 0 Å². The van der Waals surface area contributed by atoms with Crippen LogP contribution >= 0.6 is 0 Å². The number of hydrogen-bond acceptors (Lipinski definition) is 1. The predicted molar refractivity (Wildman–Crippen MR) is 111 cm³/mol. The average molecular weight is 362 g/mol. The van der Waals surface area contributed by atoms with Gasteiger partial charge in [0, 0.05) is 6.04 Å². The fraction of sp³-hybridized carbons (Fsp3) is 0.480. The van der Waals surface area contributed by atoms with E-state index in [0.29, 0.717) is 5.41 Å². The first kappa shape index (κ1) is 18.3. The topological polar surface area (TPSA) is 29.1 Å². The van der Waals surface area contributed by atoms with Gasteiger partial charge in [0.1, 0.15) is 0 Å². The van der Waals surface area contributed by atoms with E-state index in [9.17, 15) is 4.79 Å². The first-order valence-corrected chi connectivity index (χ1v) is 10.5. The first-order chi connectivity index (χ1) is 13.0. The minimum atomic E-state index is -0.681. The molecule has 2 heteroatoms. The standard InChI is InChI=1S/C25H31NO/c1-19(25-16-13-20(14-17-25)15-18-25)26-23(27)24(2,21-9-5-3-6-10-21)22-11-7-4-8-12-22/h3-12,19-20H,13-18H2,1-2H3,(H,26,27). The normalized spacial score (nSPS) is 25.8. The van der Waals surface area contributed by atoms with Crippen LogP contribution in [0, 0.1) is 11.3 Å². The van der Waals surface area contributed by atoms with E-state index in [1.54, 1.807) is 0 Å². The summed E-state index contributed by atoms with van der Waals surface area (Å²) in [5.74, 6) is 1.06. The van der Waals surface area contributed by atoms with Crippen LogP contribution in [0.1, 0.15) is 63.5 Å². The first-order valence-electron chi connectivity index (χ1n) is 10.5. The molecule has 2 nitrogen and oxygen atoms in total. The number of nitrogens with one attached hydrogen (secondary N) is 1. The van der Waals surface area contributed by atoms with Crippen molar-refractivity contribution in [1.82, 2.24) is 5.32 Å². The summed E-state index contributed by atoms with van der Waals surface area (Å²) in [4.78, 5) is 13.7. The molecule has 3 aliphatic rings. The van der Waals surface area contributed by atoms with E-state index in [1.807, 2.05) is 36.4 Å². The molecular weight excluding hydrogens is 330 g/mol. The van der Waals surface area contributed by atoms with Crippen LogP contribution in [0.2, 0.25) is 0 Å². The molecule has 0 saturated heterocycles. The van der Waals surface area contributed by atoms with Crippen molar-refractivity contribution >= 4 is 5.91 Å². The molecule has 2 aromatic carbocycles. The van der Waals surface area contributed by atoms with Crippen molar-refractivity contribution in [2.45, 2.75) is 63.8 Å². The second kappa shape index (κ2) is 7.14. The van der Waals surface area contributed by atoms with Gasteiger partial charge in [0.05, 0.1) is 5.41 Å². The van der Waals surface area contributed by atoms with Gasteiger partial charge in [0.25, 0.3) is 0 Å². The Morgan fingerprint density at radius 2 is 1.37 bits per heavy atom. The van der Waals surface area contributed by atoms with Gasteiger partial charge in [-0.1, -0.05) is 60.7 Å². The lowest BCUT2D eigenvalue weighted by Gasteiger charge is -2.50. The molecule has 142 valence electrons. The lowest BCUT2D eigenvalue weighted by Crippen LogP contribution is -2.54. The van der Waals surface area contributed by atoms with Crippen LogP contribution < -0.4 is 5.32 Å². The molecule has 0 spiro atoms. The molecule has 27 heavy (non-hydrogen) atoms. The molecule has 0 aliphatic heterocycles. The summed E-state index contributed by atoms with van der Waals surface area (Å²) in [5, 5.41) is 3.46. The average Bonchev–Trinajstić information content (AvgIpc) is 2.75. The summed E-state index contributed by atoms with van der Waals surface area (Å²) in [6.07, 6.45) is 7.84. The van der Waals surface area contributed by atoms with Crippen LogP contribution in [0.15, 0.2) is 60.7 Å². The Bertz CT molecular complexity index is 721. The number of rotatable bonds is 5. The largest absolute Gasteiger partial charge is 0.352 e. The van der Waals surface area contributed by atoms with Gasteiger partial charge >= 0.3 is 0 Å². The number of fused-ring (bicyclic) bond motifs is 3. The van der Waals surface area contributed by atoms with E-state index in [1.165, 1.54) is 38.5 Å². The smallest absolute Gasteiger partial charge is 0.235 e. The molecule has 5 rings (SSSR count). The Kier molecular flexibility index (Phi) is 4.84. The zero-order valence-electron chi connectivity index (χ0n) is 16.6. The van der Waals surface area contributed by atoms with Crippen molar-refractivity contribution in [2.24, 2.45) is 11.3 Å². The number of benzene rings is 2. The summed E-state index contributed by atoms with van der Waals surface area (Å²) >= 11 is 0. The Morgan fingerprint density at radius 1 is 0.926 bits per heavy atom. The van der Waals surface area contributed by atoms with Crippen LogP contribution in [0.3, 0.4) is 0 Å². The predicted octanol–water partition coefficient (Wildman–Crippen LogP) is 5.47. The molecule has 3 saturated carbocycles. The summed E-state index contributed by atoms with van der Waals surface area (Å²) in [5.41, 5.74) is 1.72. The molecule has 2 bridgehead atoms. The second-order valence-electron chi connectivity index (χ2n) is 8.90. The van der Waals surface area contributed by atoms with E-state index >= 15 is 0 Å². The Morgan fingerprint density at radius 3 is 1.81 bits per heavy atom. The van der Waals surface area contributed by atoms with Crippen molar-refractivity contribution < 1.29 is 4.79 Å². The lowest BCUT2D eigenvalue weighted by atomic mass is 9.58. The van der Waals surface area contributed by atoms with Gasteiger partial charge in [-0.25, -0.2) is 0 Å². The van der Waals surface area contributed by atoms with Crippen LogP contribution in [-0.4, -0.2) is 11.9 Å². The van der Waals surface area contributed by atoms with Gasteiger partial charge < -0.3 is 5.32 Å². The molecule has 1 atom stereocenters. The highest BCUT2D eigenvalue weighted by Crippen LogP contribution is 2.52. The van der Waals surface area contributed by atoms with E-state index in [2.05, 4.69) is 43.4 Å². The second-order valence-corrected chi connectivity index (χ2v) is 8.90. The fourth-order valence-corrected chi connectivity index (χ4v) is 5.40. The van der Waals surface area contributed by atoms with Crippen LogP contribution in [0.25, 0.3) is 0 Å². The molecule has 0 radical (unpaired) electrons. The Hall–Kier alpha value is -2.09. The van der Waals surface area contributed by atoms with Gasteiger partial charge in [0.15, 0.2) is 0 Å². The maximum Gasteiger partial charge on any atom is 0.235 e. The molecule has 1 amide bonds. The zero-order chi connectivity index (χ0) is 18.9. The van der Waals surface area contributed by atoms with Gasteiger partial charge in [-0.3, -0.25) is 4.79 Å². The number of carbonyl (C=O) groups excluding carboxylic acids is 1. The molecular formula is C25H31NO. The molecule has 3 aliphatic carbocycles. The zero-order valence-corrected chi connectivity index (χ0v) is 16.6. The third-order valence-corrected chi connectivity index (χ3v) is 7.57. The van der Waals surface area contributed by atoms with E-state index in [4.69, 9.17) is 0 Å². The van der Waals surface area contributed by atoms with Crippen molar-refractivity contribution in [2.75, 3.05) is 0 Å². The summed E-state index contributed by atoms with van der Waals surface area (Å²) in [7, 11) is 0. The van der Waals surface area contributed by atoms with Crippen molar-refractivity contribution in [3.05, 3.63) is 71.8 Å². The maximum atomic E-state index is 13.7. The monoisotopic (exact) mass is 361 g/mol. The quantitative estimate of drug-likeness (QED) is 0.752. The maximum absolute atomic E-state index is 13.7. The third-order valence-electron chi connectivity index (χ3n) is 7.57. The highest BCUT2D eigenvalue weighted by molar-refractivity contribution is 5.91. The molecule has 3 fully saturated rings. The molecule has 2 aromatic rings. The molecule has 0 aromatic heterocycles. The fourth-order valence-electron chi connectivity index (χ4n) is 5.40. The van der Waals surface area contributed by atoms with Crippen LogP contribution in [0.5, 0.6) is 0 Å².